The summed E-state index contributed by atoms with van der Waals surface area (Å²) in [6, 6.07) is 1.93. The molecule has 0 aliphatic heterocycles. The number of rotatable bonds is 5. The molecule has 0 aliphatic carbocycles. The summed E-state index contributed by atoms with van der Waals surface area (Å²) in [7, 11) is 0. The predicted molar refractivity (Wildman–Crippen MR) is 56.3 cm³/mol. The zero-order valence-electron chi connectivity index (χ0n) is 9.40. The van der Waals surface area contributed by atoms with Crippen LogP contribution in [0.15, 0.2) is 18.2 Å². The molecule has 1 aromatic carbocycles. The van der Waals surface area contributed by atoms with Gasteiger partial charge in [0, 0.05) is 18.0 Å². The van der Waals surface area contributed by atoms with Gasteiger partial charge in [0.05, 0.1) is 0 Å². The Hall–Kier alpha value is -1.21. The van der Waals surface area contributed by atoms with E-state index in [0.29, 0.717) is 0 Å². The van der Waals surface area contributed by atoms with E-state index < -0.39 is 30.3 Å². The molecule has 0 heterocycles. The molecule has 1 rings (SSSR count). The monoisotopic (exact) mass is 268 g/mol. The van der Waals surface area contributed by atoms with E-state index in [1.807, 2.05) is 0 Å². The first kappa shape index (κ1) is 14.8. The van der Waals surface area contributed by atoms with Crippen molar-refractivity contribution in [2.75, 3.05) is 0 Å². The van der Waals surface area contributed by atoms with Gasteiger partial charge in [-0.1, -0.05) is 0 Å². The lowest BCUT2D eigenvalue weighted by molar-refractivity contribution is -0.135. The van der Waals surface area contributed by atoms with Crippen LogP contribution in [0.3, 0.4) is 0 Å². The number of hydrogen-bond acceptors (Lipinski definition) is 2. The first-order valence-corrected chi connectivity index (χ1v) is 5.31. The maximum atomic E-state index is 13.4. The predicted octanol–water partition coefficient (Wildman–Crippen LogP) is 3.20. The molecule has 1 aromatic rings. The molecule has 0 aromatic heterocycles. The molecule has 0 fully saturated rings. The lowest BCUT2D eigenvalue weighted by Crippen LogP contribution is -2.29. The Balaban J connectivity index is 2.68. The largest absolute Gasteiger partial charge is 0.389 e. The molecule has 0 saturated heterocycles. The Bertz CT molecular complexity index is 392. The van der Waals surface area contributed by atoms with Crippen molar-refractivity contribution in [1.82, 2.24) is 5.43 Å². The van der Waals surface area contributed by atoms with E-state index in [1.165, 1.54) is 0 Å². The van der Waals surface area contributed by atoms with Crippen LogP contribution in [0.2, 0.25) is 0 Å². The molecule has 0 aliphatic rings. The fourth-order valence-corrected chi connectivity index (χ4v) is 1.62. The Morgan fingerprint density at radius 1 is 1.22 bits per heavy atom. The lowest BCUT2D eigenvalue weighted by atomic mass is 10.0. The van der Waals surface area contributed by atoms with Crippen molar-refractivity contribution in [2.45, 2.75) is 31.5 Å². The summed E-state index contributed by atoms with van der Waals surface area (Å²) in [5.41, 5.74) is 2.13. The van der Waals surface area contributed by atoms with Crippen molar-refractivity contribution in [3.8, 4) is 0 Å². The van der Waals surface area contributed by atoms with Crippen LogP contribution in [0.5, 0.6) is 0 Å². The molecule has 1 atom stereocenters. The van der Waals surface area contributed by atoms with Gasteiger partial charge in [-0.15, -0.1) is 0 Å². The Morgan fingerprint density at radius 2 is 1.89 bits per heavy atom. The van der Waals surface area contributed by atoms with Crippen molar-refractivity contribution < 1.29 is 22.0 Å². The van der Waals surface area contributed by atoms with E-state index in [9.17, 15) is 22.0 Å². The van der Waals surface area contributed by atoms with Gasteiger partial charge >= 0.3 is 6.18 Å². The van der Waals surface area contributed by atoms with Gasteiger partial charge in [-0.05, 0) is 31.0 Å². The summed E-state index contributed by atoms with van der Waals surface area (Å²) < 4.78 is 62.2. The Kier molecular flexibility index (Phi) is 5.03. The number of hydrazine groups is 1. The average Bonchev–Trinajstić information content (AvgIpc) is 2.27. The first-order chi connectivity index (χ1) is 8.33. The highest BCUT2D eigenvalue weighted by molar-refractivity contribution is 5.22. The third kappa shape index (κ3) is 4.58. The van der Waals surface area contributed by atoms with Gasteiger partial charge in [0.1, 0.15) is 11.6 Å². The quantitative estimate of drug-likeness (QED) is 0.489. The second-order valence-corrected chi connectivity index (χ2v) is 3.89. The van der Waals surface area contributed by atoms with Crippen LogP contribution >= 0.6 is 0 Å². The highest BCUT2D eigenvalue weighted by atomic mass is 19.4. The highest BCUT2D eigenvalue weighted by Gasteiger charge is 2.27. The molecule has 0 bridgehead atoms. The minimum absolute atomic E-state index is 0.0314. The number of halogens is 5. The minimum atomic E-state index is -4.26. The summed E-state index contributed by atoms with van der Waals surface area (Å²) in [6.07, 6.45) is -5.49. The van der Waals surface area contributed by atoms with Crippen molar-refractivity contribution in [1.29, 1.82) is 0 Å². The minimum Gasteiger partial charge on any atom is -0.271 e. The summed E-state index contributed by atoms with van der Waals surface area (Å²) >= 11 is 0. The Labute approximate surface area is 101 Å². The molecule has 7 heteroatoms. The van der Waals surface area contributed by atoms with Crippen LogP contribution in [0.4, 0.5) is 22.0 Å². The van der Waals surface area contributed by atoms with Crippen molar-refractivity contribution in [3.63, 3.8) is 0 Å². The average molecular weight is 268 g/mol. The standard InChI is InChI=1S/C11H13F5N2/c12-7-3-4-9(13)8(6-7)10(18-17)2-1-5-11(14,15)16/h3-4,6,10,18H,1-2,5,17H2. The molecule has 1 unspecified atom stereocenters. The summed E-state index contributed by atoms with van der Waals surface area (Å²) in [5, 5.41) is 0. The number of alkyl halides is 3. The van der Waals surface area contributed by atoms with Gasteiger partial charge in [0.2, 0.25) is 0 Å². The van der Waals surface area contributed by atoms with Crippen LogP contribution in [0.25, 0.3) is 0 Å². The second-order valence-electron chi connectivity index (χ2n) is 3.89. The van der Waals surface area contributed by atoms with Gasteiger partial charge in [-0.2, -0.15) is 13.2 Å². The highest BCUT2D eigenvalue weighted by Crippen LogP contribution is 2.27. The molecule has 102 valence electrons. The molecule has 0 saturated carbocycles. The van der Waals surface area contributed by atoms with Gasteiger partial charge in [-0.3, -0.25) is 11.3 Å². The Morgan fingerprint density at radius 3 is 2.44 bits per heavy atom. The number of nitrogens with one attached hydrogen (secondary N) is 1. The molecular formula is C11H13F5N2. The molecule has 18 heavy (non-hydrogen) atoms. The fourth-order valence-electron chi connectivity index (χ4n) is 1.62. The normalized spacial score (nSPS) is 13.7. The smallest absolute Gasteiger partial charge is 0.271 e. The third-order valence-electron chi connectivity index (χ3n) is 2.49. The van der Waals surface area contributed by atoms with Gasteiger partial charge in [0.15, 0.2) is 0 Å². The van der Waals surface area contributed by atoms with Crippen LogP contribution in [-0.4, -0.2) is 6.18 Å². The zero-order chi connectivity index (χ0) is 13.8. The third-order valence-corrected chi connectivity index (χ3v) is 2.49. The molecular weight excluding hydrogens is 255 g/mol. The fraction of sp³-hybridized carbons (Fsp3) is 0.455. The maximum absolute atomic E-state index is 13.4. The summed E-state index contributed by atoms with van der Waals surface area (Å²) in [6.45, 7) is 0. The lowest BCUT2D eigenvalue weighted by Gasteiger charge is -2.17. The first-order valence-electron chi connectivity index (χ1n) is 5.31. The maximum Gasteiger partial charge on any atom is 0.389 e. The number of hydrogen-bond donors (Lipinski definition) is 2. The van der Waals surface area contributed by atoms with E-state index in [4.69, 9.17) is 5.84 Å². The van der Waals surface area contributed by atoms with Gasteiger partial charge < -0.3 is 0 Å². The molecule has 0 spiro atoms. The van der Waals surface area contributed by atoms with Crippen LogP contribution in [0, 0.1) is 11.6 Å². The van der Waals surface area contributed by atoms with Crippen molar-refractivity contribution in [2.24, 2.45) is 5.84 Å². The van der Waals surface area contributed by atoms with E-state index in [2.05, 4.69) is 5.43 Å². The summed E-state index contributed by atoms with van der Waals surface area (Å²) in [5.74, 6) is 3.79. The topological polar surface area (TPSA) is 38.0 Å². The second kappa shape index (κ2) is 6.10. The van der Waals surface area contributed by atoms with Crippen LogP contribution in [-0.2, 0) is 0 Å². The van der Waals surface area contributed by atoms with E-state index >= 15 is 0 Å². The van der Waals surface area contributed by atoms with Gasteiger partial charge in [-0.25, -0.2) is 8.78 Å². The molecule has 2 nitrogen and oxygen atoms in total. The zero-order valence-corrected chi connectivity index (χ0v) is 9.40. The molecule has 0 amide bonds. The van der Waals surface area contributed by atoms with E-state index in [1.54, 1.807) is 0 Å². The van der Waals surface area contributed by atoms with Crippen LogP contribution < -0.4 is 11.3 Å². The SMILES string of the molecule is NNC(CCCC(F)(F)F)c1cc(F)ccc1F. The van der Waals surface area contributed by atoms with E-state index in [-0.39, 0.29) is 18.4 Å². The number of nitrogens with two attached hydrogens (primary N) is 1. The van der Waals surface area contributed by atoms with Gasteiger partial charge in [0.25, 0.3) is 0 Å². The van der Waals surface area contributed by atoms with E-state index in [0.717, 1.165) is 18.2 Å². The number of benzene rings is 1. The molecule has 3 N–H and O–H groups in total. The van der Waals surface area contributed by atoms with Crippen molar-refractivity contribution >= 4 is 0 Å². The molecule has 0 radical (unpaired) electrons. The van der Waals surface area contributed by atoms with Crippen molar-refractivity contribution in [3.05, 3.63) is 35.4 Å². The van der Waals surface area contributed by atoms with Crippen LogP contribution in [0.1, 0.15) is 30.9 Å². The summed E-state index contributed by atoms with van der Waals surface area (Å²) in [4.78, 5) is 0.